The lowest BCUT2D eigenvalue weighted by Crippen LogP contribution is -2.33. The summed E-state index contributed by atoms with van der Waals surface area (Å²) < 4.78 is 10.1. The van der Waals surface area contributed by atoms with Gasteiger partial charge in [0.15, 0.2) is 0 Å². The molecule has 0 aromatic carbocycles. The molecular weight excluding hydrogens is 234 g/mol. The first kappa shape index (κ1) is 12.8. The predicted molar refractivity (Wildman–Crippen MR) is 70.9 cm³/mol. The Hall–Kier alpha value is -0.680. The number of rotatable bonds is 4. The van der Waals surface area contributed by atoms with Crippen LogP contribution in [0.2, 0.25) is 0 Å². The molecule has 96 valence electrons. The standard InChI is InChI=1S/C12H21N3OS/c1-9(2)11-13-12(17-14-11)15(3)8-10-6-4-5-7-16-10/h9-10H,4-8H2,1-3H3. The molecule has 1 aliphatic heterocycles. The smallest absolute Gasteiger partial charge is 0.205 e. The first-order valence-electron chi connectivity index (χ1n) is 6.33. The minimum absolute atomic E-state index is 0.361. The topological polar surface area (TPSA) is 38.2 Å². The Morgan fingerprint density at radius 2 is 2.29 bits per heavy atom. The zero-order chi connectivity index (χ0) is 12.3. The number of anilines is 1. The second-order valence-electron chi connectivity index (χ2n) is 4.96. The largest absolute Gasteiger partial charge is 0.376 e. The minimum atomic E-state index is 0.361. The molecule has 1 atom stereocenters. The van der Waals surface area contributed by atoms with E-state index in [1.165, 1.54) is 30.8 Å². The average Bonchev–Trinajstić information content (AvgIpc) is 2.79. The highest BCUT2D eigenvalue weighted by Crippen LogP contribution is 2.22. The van der Waals surface area contributed by atoms with Gasteiger partial charge in [-0.1, -0.05) is 13.8 Å². The van der Waals surface area contributed by atoms with Crippen LogP contribution in [-0.4, -0.2) is 35.7 Å². The summed E-state index contributed by atoms with van der Waals surface area (Å²) in [6.07, 6.45) is 4.02. The van der Waals surface area contributed by atoms with E-state index < -0.39 is 0 Å². The van der Waals surface area contributed by atoms with Gasteiger partial charge in [0, 0.05) is 37.6 Å². The van der Waals surface area contributed by atoms with Gasteiger partial charge in [-0.05, 0) is 19.3 Å². The molecular formula is C12H21N3OS. The number of likely N-dealkylation sites (N-methyl/N-ethyl adjacent to an activating group) is 1. The zero-order valence-electron chi connectivity index (χ0n) is 10.8. The lowest BCUT2D eigenvalue weighted by molar-refractivity contribution is 0.0216. The zero-order valence-corrected chi connectivity index (χ0v) is 11.7. The summed E-state index contributed by atoms with van der Waals surface area (Å²) in [6.45, 7) is 6.07. The molecule has 0 aliphatic carbocycles. The van der Waals surface area contributed by atoms with Gasteiger partial charge in [0.2, 0.25) is 5.13 Å². The quantitative estimate of drug-likeness (QED) is 0.829. The van der Waals surface area contributed by atoms with Crippen molar-refractivity contribution < 1.29 is 4.74 Å². The van der Waals surface area contributed by atoms with E-state index in [-0.39, 0.29) is 0 Å². The number of hydrogen-bond acceptors (Lipinski definition) is 5. The number of hydrogen-bond donors (Lipinski definition) is 0. The fourth-order valence-corrected chi connectivity index (χ4v) is 2.73. The number of nitrogens with zero attached hydrogens (tertiary/aromatic N) is 3. The summed E-state index contributed by atoms with van der Waals surface area (Å²) in [5.74, 6) is 1.35. The van der Waals surface area contributed by atoms with Gasteiger partial charge >= 0.3 is 0 Å². The normalized spacial score (nSPS) is 20.8. The van der Waals surface area contributed by atoms with Gasteiger partial charge in [-0.3, -0.25) is 0 Å². The van der Waals surface area contributed by atoms with Gasteiger partial charge < -0.3 is 9.64 Å². The highest BCUT2D eigenvalue weighted by atomic mass is 32.1. The van der Waals surface area contributed by atoms with Gasteiger partial charge in [0.05, 0.1) is 6.10 Å². The first-order valence-corrected chi connectivity index (χ1v) is 7.10. The molecule has 5 heteroatoms. The Morgan fingerprint density at radius 3 is 2.88 bits per heavy atom. The highest BCUT2D eigenvalue weighted by molar-refractivity contribution is 7.09. The minimum Gasteiger partial charge on any atom is -0.376 e. The van der Waals surface area contributed by atoms with Crippen LogP contribution in [0.3, 0.4) is 0 Å². The van der Waals surface area contributed by atoms with Crippen molar-refractivity contribution in [3.05, 3.63) is 5.82 Å². The fraction of sp³-hybridized carbons (Fsp3) is 0.833. The molecule has 17 heavy (non-hydrogen) atoms. The summed E-state index contributed by atoms with van der Waals surface area (Å²) in [6, 6.07) is 0. The van der Waals surface area contributed by atoms with E-state index >= 15 is 0 Å². The summed E-state index contributed by atoms with van der Waals surface area (Å²) in [5, 5.41) is 1.00. The van der Waals surface area contributed by atoms with Gasteiger partial charge in [0.1, 0.15) is 5.82 Å². The van der Waals surface area contributed by atoms with Crippen molar-refractivity contribution in [2.75, 3.05) is 25.1 Å². The van der Waals surface area contributed by atoms with Crippen molar-refractivity contribution in [2.45, 2.75) is 45.1 Å². The second kappa shape index (κ2) is 5.78. The molecule has 0 bridgehead atoms. The van der Waals surface area contributed by atoms with Crippen molar-refractivity contribution in [3.63, 3.8) is 0 Å². The summed E-state index contributed by atoms with van der Waals surface area (Å²) in [5.41, 5.74) is 0. The van der Waals surface area contributed by atoms with Crippen LogP contribution < -0.4 is 4.90 Å². The van der Waals surface area contributed by atoms with Crippen molar-refractivity contribution in [1.82, 2.24) is 9.36 Å². The fourth-order valence-electron chi connectivity index (χ4n) is 1.95. The molecule has 0 spiro atoms. The molecule has 1 aromatic heterocycles. The molecule has 1 aromatic rings. The molecule has 0 amide bonds. The van der Waals surface area contributed by atoms with Crippen LogP contribution in [0, 0.1) is 0 Å². The van der Waals surface area contributed by atoms with Crippen LogP contribution in [-0.2, 0) is 4.74 Å². The molecule has 1 unspecified atom stereocenters. The van der Waals surface area contributed by atoms with E-state index in [2.05, 4.69) is 35.2 Å². The Kier molecular flexibility index (Phi) is 4.34. The Balaban J connectivity index is 1.91. The van der Waals surface area contributed by atoms with Gasteiger partial charge in [-0.25, -0.2) is 4.98 Å². The lowest BCUT2D eigenvalue weighted by atomic mass is 10.1. The lowest BCUT2D eigenvalue weighted by Gasteiger charge is -2.26. The van der Waals surface area contributed by atoms with Crippen LogP contribution >= 0.6 is 11.5 Å². The van der Waals surface area contributed by atoms with E-state index in [9.17, 15) is 0 Å². The highest BCUT2D eigenvalue weighted by Gasteiger charge is 2.18. The monoisotopic (exact) mass is 255 g/mol. The second-order valence-corrected chi connectivity index (χ2v) is 5.69. The Labute approximate surface area is 107 Å². The molecule has 1 saturated heterocycles. The predicted octanol–water partition coefficient (Wildman–Crippen LogP) is 2.67. The van der Waals surface area contributed by atoms with Crippen LogP contribution in [0.4, 0.5) is 5.13 Å². The summed E-state index contributed by atoms with van der Waals surface area (Å²) in [4.78, 5) is 6.72. The van der Waals surface area contributed by atoms with E-state index in [1.54, 1.807) is 0 Å². The molecule has 2 rings (SSSR count). The van der Waals surface area contributed by atoms with E-state index in [1.807, 2.05) is 0 Å². The maximum atomic E-state index is 5.74. The molecule has 0 N–H and O–H groups in total. The molecule has 1 aliphatic rings. The Bertz CT molecular complexity index is 347. The van der Waals surface area contributed by atoms with Gasteiger partial charge in [0.25, 0.3) is 0 Å². The average molecular weight is 255 g/mol. The molecule has 4 nitrogen and oxygen atoms in total. The number of aromatic nitrogens is 2. The summed E-state index contributed by atoms with van der Waals surface area (Å²) in [7, 11) is 2.07. The van der Waals surface area contributed by atoms with E-state index in [0.29, 0.717) is 12.0 Å². The van der Waals surface area contributed by atoms with E-state index in [0.717, 1.165) is 24.1 Å². The number of ether oxygens (including phenoxy) is 1. The van der Waals surface area contributed by atoms with Crippen LogP contribution in [0.25, 0.3) is 0 Å². The first-order chi connectivity index (χ1) is 8.16. The van der Waals surface area contributed by atoms with E-state index in [4.69, 9.17) is 4.74 Å². The van der Waals surface area contributed by atoms with Crippen molar-refractivity contribution in [1.29, 1.82) is 0 Å². The summed E-state index contributed by atoms with van der Waals surface area (Å²) >= 11 is 1.48. The molecule has 0 radical (unpaired) electrons. The molecule has 2 heterocycles. The third-order valence-corrected chi connectivity index (χ3v) is 3.87. The Morgan fingerprint density at radius 1 is 1.47 bits per heavy atom. The van der Waals surface area contributed by atoms with Gasteiger partial charge in [-0.15, -0.1) is 0 Å². The maximum Gasteiger partial charge on any atom is 0.205 e. The van der Waals surface area contributed by atoms with Crippen molar-refractivity contribution >= 4 is 16.7 Å². The van der Waals surface area contributed by atoms with Crippen LogP contribution in [0.1, 0.15) is 44.9 Å². The third-order valence-electron chi connectivity index (χ3n) is 3.03. The SMILES string of the molecule is CC(C)c1nsc(N(C)CC2CCCCO2)n1. The maximum absolute atomic E-state index is 5.74. The van der Waals surface area contributed by atoms with Gasteiger partial charge in [-0.2, -0.15) is 4.37 Å². The molecule has 0 saturated carbocycles. The van der Waals surface area contributed by atoms with Crippen molar-refractivity contribution in [2.24, 2.45) is 0 Å². The third kappa shape index (κ3) is 3.39. The van der Waals surface area contributed by atoms with Crippen LogP contribution in [0.5, 0.6) is 0 Å². The molecule has 1 fully saturated rings. The van der Waals surface area contributed by atoms with Crippen molar-refractivity contribution in [3.8, 4) is 0 Å². The van der Waals surface area contributed by atoms with Crippen LogP contribution in [0.15, 0.2) is 0 Å².